The van der Waals surface area contributed by atoms with E-state index in [9.17, 15) is 14.0 Å². The molecule has 0 aliphatic carbocycles. The zero-order valence-corrected chi connectivity index (χ0v) is 9.45. The number of nitrogens with zero attached hydrogens (tertiary/aromatic N) is 1. The summed E-state index contributed by atoms with van der Waals surface area (Å²) in [5, 5.41) is 2.30. The number of aromatic nitrogens is 1. The number of pyridine rings is 1. The largest absolute Gasteiger partial charge is 0.381 e. The number of nitrogens with two attached hydrogens (primary N) is 2. The molecule has 0 saturated carbocycles. The first-order chi connectivity index (χ1) is 7.75. The molecule has 1 aromatic rings. The van der Waals surface area contributed by atoms with E-state index in [4.69, 9.17) is 11.5 Å². The molecule has 0 fully saturated rings. The minimum atomic E-state index is -1.28. The number of halogens is 1. The van der Waals surface area contributed by atoms with Gasteiger partial charge in [0.1, 0.15) is 5.54 Å². The van der Waals surface area contributed by atoms with Crippen molar-refractivity contribution < 1.29 is 14.0 Å². The van der Waals surface area contributed by atoms with Gasteiger partial charge in [-0.05, 0) is 19.9 Å². The number of amides is 2. The van der Waals surface area contributed by atoms with Crippen molar-refractivity contribution in [3.05, 3.63) is 23.6 Å². The van der Waals surface area contributed by atoms with Gasteiger partial charge in [-0.15, -0.1) is 0 Å². The lowest BCUT2D eigenvalue weighted by Crippen LogP contribution is -2.53. The van der Waals surface area contributed by atoms with Crippen molar-refractivity contribution in [2.45, 2.75) is 19.4 Å². The van der Waals surface area contributed by atoms with Crippen LogP contribution >= 0.6 is 0 Å². The van der Waals surface area contributed by atoms with Crippen molar-refractivity contribution in [1.82, 2.24) is 10.3 Å². The third kappa shape index (κ3) is 2.68. The third-order valence-corrected chi connectivity index (χ3v) is 2.20. The second kappa shape index (κ2) is 4.36. The molecule has 0 aliphatic rings. The molecule has 1 heterocycles. The van der Waals surface area contributed by atoms with Crippen molar-refractivity contribution in [1.29, 1.82) is 0 Å². The van der Waals surface area contributed by atoms with Crippen LogP contribution in [0.1, 0.15) is 24.2 Å². The van der Waals surface area contributed by atoms with E-state index >= 15 is 0 Å². The van der Waals surface area contributed by atoms with Crippen LogP contribution in [0.2, 0.25) is 0 Å². The van der Waals surface area contributed by atoms with Crippen molar-refractivity contribution in [2.75, 3.05) is 5.73 Å². The molecule has 0 saturated heterocycles. The molecule has 2 amide bonds. The number of primary amides is 1. The minimum absolute atomic E-state index is 0.285. The summed E-state index contributed by atoms with van der Waals surface area (Å²) in [7, 11) is 0. The predicted octanol–water partition coefficient (Wildman–Crippen LogP) is -0.203. The number of carbonyl (C=O) groups excluding carboxylic acids is 2. The molecule has 17 heavy (non-hydrogen) atoms. The van der Waals surface area contributed by atoms with Crippen molar-refractivity contribution in [3.8, 4) is 0 Å². The van der Waals surface area contributed by atoms with E-state index in [2.05, 4.69) is 10.3 Å². The highest BCUT2D eigenvalue weighted by molar-refractivity contribution is 5.99. The summed E-state index contributed by atoms with van der Waals surface area (Å²) in [6, 6.07) is 1.16. The fraction of sp³-hybridized carbons (Fsp3) is 0.300. The minimum Gasteiger partial charge on any atom is -0.381 e. The van der Waals surface area contributed by atoms with Crippen LogP contribution in [0, 0.1) is 5.82 Å². The number of anilines is 1. The van der Waals surface area contributed by atoms with Crippen LogP contribution in [-0.2, 0) is 4.79 Å². The maximum absolute atomic E-state index is 13.5. The standard InChI is InChI=1S/C10H13FN4O2/c1-10(2,9(13)17)15-8(16)5-3-4-14-7(12)6(5)11/h3-4H,1-2H3,(H2,12,14)(H2,13,17)(H,15,16). The van der Waals surface area contributed by atoms with Crippen LogP contribution < -0.4 is 16.8 Å². The SMILES string of the molecule is CC(C)(NC(=O)c1ccnc(N)c1F)C(N)=O. The number of rotatable bonds is 3. The van der Waals surface area contributed by atoms with Gasteiger partial charge in [0.05, 0.1) is 5.56 Å². The first kappa shape index (κ1) is 12.9. The summed E-state index contributed by atoms with van der Waals surface area (Å²) in [4.78, 5) is 26.2. The van der Waals surface area contributed by atoms with Crippen molar-refractivity contribution in [3.63, 3.8) is 0 Å². The third-order valence-electron chi connectivity index (χ3n) is 2.20. The summed E-state index contributed by atoms with van der Waals surface area (Å²) >= 11 is 0. The molecule has 0 aromatic carbocycles. The van der Waals surface area contributed by atoms with E-state index in [0.717, 1.165) is 6.07 Å². The second-order valence-electron chi connectivity index (χ2n) is 4.00. The van der Waals surface area contributed by atoms with Crippen LogP contribution in [0.5, 0.6) is 0 Å². The number of hydrogen-bond acceptors (Lipinski definition) is 4. The maximum Gasteiger partial charge on any atom is 0.255 e. The molecular formula is C10H13FN4O2. The van der Waals surface area contributed by atoms with Gasteiger partial charge in [0, 0.05) is 6.20 Å². The van der Waals surface area contributed by atoms with Crippen LogP contribution in [-0.4, -0.2) is 22.3 Å². The Morgan fingerprint density at radius 1 is 1.47 bits per heavy atom. The van der Waals surface area contributed by atoms with Crippen LogP contribution in [0.15, 0.2) is 12.3 Å². The average Bonchev–Trinajstić information content (AvgIpc) is 2.21. The Labute approximate surface area is 97.2 Å². The summed E-state index contributed by atoms with van der Waals surface area (Å²) in [5.74, 6) is -2.81. The maximum atomic E-state index is 13.5. The van der Waals surface area contributed by atoms with Crippen molar-refractivity contribution in [2.24, 2.45) is 5.73 Å². The van der Waals surface area contributed by atoms with E-state index in [1.165, 1.54) is 20.0 Å². The molecule has 0 bridgehead atoms. The Hall–Kier alpha value is -2.18. The Morgan fingerprint density at radius 2 is 2.06 bits per heavy atom. The normalized spacial score (nSPS) is 11.0. The average molecular weight is 240 g/mol. The van der Waals surface area contributed by atoms with Gasteiger partial charge < -0.3 is 16.8 Å². The van der Waals surface area contributed by atoms with Gasteiger partial charge in [0.2, 0.25) is 5.91 Å². The molecule has 1 rings (SSSR count). The molecule has 0 aliphatic heterocycles. The highest BCUT2D eigenvalue weighted by Gasteiger charge is 2.28. The van der Waals surface area contributed by atoms with E-state index in [1.807, 2.05) is 0 Å². The number of hydrogen-bond donors (Lipinski definition) is 3. The van der Waals surface area contributed by atoms with Gasteiger partial charge >= 0.3 is 0 Å². The van der Waals surface area contributed by atoms with Gasteiger partial charge in [-0.2, -0.15) is 0 Å². The Bertz CT molecular complexity index is 473. The Morgan fingerprint density at radius 3 is 2.59 bits per heavy atom. The summed E-state index contributed by atoms with van der Waals surface area (Å²) in [5.41, 5.74) is 8.74. The van der Waals surface area contributed by atoms with Crippen LogP contribution in [0.4, 0.5) is 10.2 Å². The Kier molecular flexibility index (Phi) is 3.31. The van der Waals surface area contributed by atoms with Gasteiger partial charge in [0.25, 0.3) is 5.91 Å². The molecule has 1 aromatic heterocycles. The lowest BCUT2D eigenvalue weighted by atomic mass is 10.0. The van der Waals surface area contributed by atoms with E-state index in [-0.39, 0.29) is 11.4 Å². The van der Waals surface area contributed by atoms with Gasteiger partial charge in [-0.3, -0.25) is 9.59 Å². The lowest BCUT2D eigenvalue weighted by molar-refractivity contribution is -0.122. The van der Waals surface area contributed by atoms with Crippen LogP contribution in [0.25, 0.3) is 0 Å². The smallest absolute Gasteiger partial charge is 0.255 e. The molecule has 0 atom stereocenters. The monoisotopic (exact) mass is 240 g/mol. The second-order valence-corrected chi connectivity index (χ2v) is 4.00. The fourth-order valence-electron chi connectivity index (χ4n) is 1.05. The lowest BCUT2D eigenvalue weighted by Gasteiger charge is -2.22. The van der Waals surface area contributed by atoms with Gasteiger partial charge in [0.15, 0.2) is 11.6 Å². The summed E-state index contributed by atoms with van der Waals surface area (Å²) in [6.45, 7) is 2.82. The van der Waals surface area contributed by atoms with E-state index in [0.29, 0.717) is 0 Å². The van der Waals surface area contributed by atoms with Crippen molar-refractivity contribution >= 4 is 17.6 Å². The molecule has 6 nitrogen and oxygen atoms in total. The Balaban J connectivity index is 2.99. The summed E-state index contributed by atoms with van der Waals surface area (Å²) in [6.07, 6.45) is 1.20. The summed E-state index contributed by atoms with van der Waals surface area (Å²) < 4.78 is 13.5. The van der Waals surface area contributed by atoms with E-state index in [1.54, 1.807) is 0 Å². The number of nitrogens with one attached hydrogen (secondary N) is 1. The molecule has 0 spiro atoms. The predicted molar refractivity (Wildman–Crippen MR) is 59.3 cm³/mol. The van der Waals surface area contributed by atoms with Crippen LogP contribution in [0.3, 0.4) is 0 Å². The first-order valence-corrected chi connectivity index (χ1v) is 4.78. The molecule has 92 valence electrons. The zero-order valence-electron chi connectivity index (χ0n) is 9.45. The van der Waals surface area contributed by atoms with Gasteiger partial charge in [-0.1, -0.05) is 0 Å². The molecule has 0 radical (unpaired) electrons. The molecule has 7 heteroatoms. The quantitative estimate of drug-likeness (QED) is 0.679. The van der Waals surface area contributed by atoms with Gasteiger partial charge in [-0.25, -0.2) is 9.37 Å². The highest BCUT2D eigenvalue weighted by atomic mass is 19.1. The molecule has 5 N–H and O–H groups in total. The molecular weight excluding hydrogens is 227 g/mol. The topological polar surface area (TPSA) is 111 Å². The number of nitrogen functional groups attached to an aromatic ring is 1. The molecule has 0 unspecified atom stereocenters. The zero-order chi connectivity index (χ0) is 13.2. The number of carbonyl (C=O) groups is 2. The fourth-order valence-corrected chi connectivity index (χ4v) is 1.05. The van der Waals surface area contributed by atoms with E-state index < -0.39 is 23.2 Å². The first-order valence-electron chi connectivity index (χ1n) is 4.78. The highest BCUT2D eigenvalue weighted by Crippen LogP contribution is 2.13.